The highest BCUT2D eigenvalue weighted by Crippen LogP contribution is 2.26. The highest BCUT2D eigenvalue weighted by molar-refractivity contribution is 5.58. The van der Waals surface area contributed by atoms with E-state index in [9.17, 15) is 9.90 Å². The fraction of sp³-hybridized carbons (Fsp3) is 0.269. The van der Waals surface area contributed by atoms with E-state index in [0.717, 1.165) is 22.4 Å². The van der Waals surface area contributed by atoms with E-state index < -0.39 is 5.60 Å². The standard InChI is InChI=1S/C26H27N3O4/c1-17(2)32-22-11-8-19(9-12-22)24-27-28-25(33-24)20-10-13-23(30)29(16-20)15-18-6-5-7-21(14-18)26(3,4)31/h5-14,16-17,31H,15H2,1-4H3. The van der Waals surface area contributed by atoms with Crippen LogP contribution in [0.1, 0.15) is 38.8 Å². The van der Waals surface area contributed by atoms with Gasteiger partial charge in [-0.2, -0.15) is 0 Å². The van der Waals surface area contributed by atoms with Gasteiger partial charge in [0.1, 0.15) is 5.75 Å². The van der Waals surface area contributed by atoms with Gasteiger partial charge in [-0.25, -0.2) is 0 Å². The van der Waals surface area contributed by atoms with Crippen LogP contribution in [0.15, 0.2) is 76.1 Å². The number of ether oxygens (including phenoxy) is 1. The van der Waals surface area contributed by atoms with E-state index in [0.29, 0.717) is 23.9 Å². The van der Waals surface area contributed by atoms with E-state index in [1.54, 1.807) is 30.7 Å². The van der Waals surface area contributed by atoms with E-state index in [-0.39, 0.29) is 11.7 Å². The minimum absolute atomic E-state index is 0.0964. The molecule has 170 valence electrons. The largest absolute Gasteiger partial charge is 0.491 e. The minimum Gasteiger partial charge on any atom is -0.491 e. The molecule has 7 heteroatoms. The lowest BCUT2D eigenvalue weighted by molar-refractivity contribution is 0.0785. The van der Waals surface area contributed by atoms with Gasteiger partial charge in [0.25, 0.3) is 5.56 Å². The van der Waals surface area contributed by atoms with Crippen molar-refractivity contribution in [2.75, 3.05) is 0 Å². The van der Waals surface area contributed by atoms with Crippen LogP contribution in [0.2, 0.25) is 0 Å². The number of hydrogen-bond donors (Lipinski definition) is 1. The van der Waals surface area contributed by atoms with Gasteiger partial charge in [-0.3, -0.25) is 4.79 Å². The van der Waals surface area contributed by atoms with Crippen LogP contribution in [0.25, 0.3) is 22.9 Å². The zero-order valence-corrected chi connectivity index (χ0v) is 19.1. The molecular formula is C26H27N3O4. The summed E-state index contributed by atoms with van der Waals surface area (Å²) >= 11 is 0. The smallest absolute Gasteiger partial charge is 0.250 e. The minimum atomic E-state index is -0.956. The second kappa shape index (κ2) is 9.03. The predicted molar refractivity (Wildman–Crippen MR) is 126 cm³/mol. The van der Waals surface area contributed by atoms with Crippen LogP contribution in [0.4, 0.5) is 0 Å². The molecule has 0 unspecified atom stereocenters. The number of hydrogen-bond acceptors (Lipinski definition) is 6. The zero-order valence-electron chi connectivity index (χ0n) is 19.1. The van der Waals surface area contributed by atoms with Crippen LogP contribution in [0, 0.1) is 0 Å². The van der Waals surface area contributed by atoms with Gasteiger partial charge in [0.2, 0.25) is 11.8 Å². The predicted octanol–water partition coefficient (Wildman–Crippen LogP) is 4.63. The van der Waals surface area contributed by atoms with E-state index >= 15 is 0 Å². The van der Waals surface area contributed by atoms with Crippen molar-refractivity contribution < 1.29 is 14.3 Å². The summed E-state index contributed by atoms with van der Waals surface area (Å²) in [5.41, 5.74) is 2.02. The molecule has 0 atom stereocenters. The molecule has 0 aliphatic carbocycles. The third-order valence-corrected chi connectivity index (χ3v) is 5.11. The Kier molecular flexibility index (Phi) is 6.16. The molecule has 2 heterocycles. The Labute approximate surface area is 192 Å². The molecule has 0 aliphatic rings. The number of nitrogens with zero attached hydrogens (tertiary/aromatic N) is 3. The summed E-state index contributed by atoms with van der Waals surface area (Å²) in [6.07, 6.45) is 1.80. The van der Waals surface area contributed by atoms with Crippen LogP contribution >= 0.6 is 0 Å². The number of aliphatic hydroxyl groups is 1. The Morgan fingerprint density at radius 1 is 1.00 bits per heavy atom. The lowest BCUT2D eigenvalue weighted by atomic mass is 9.96. The highest BCUT2D eigenvalue weighted by atomic mass is 16.5. The first-order valence-corrected chi connectivity index (χ1v) is 10.8. The van der Waals surface area contributed by atoms with Crippen molar-refractivity contribution in [3.63, 3.8) is 0 Å². The third kappa shape index (κ3) is 5.38. The summed E-state index contributed by atoms with van der Waals surface area (Å²) in [5, 5.41) is 18.6. The number of benzene rings is 2. The summed E-state index contributed by atoms with van der Waals surface area (Å²) < 4.78 is 13.1. The average Bonchev–Trinajstić information content (AvgIpc) is 3.25. The van der Waals surface area contributed by atoms with E-state index in [4.69, 9.17) is 9.15 Å². The molecule has 2 aromatic heterocycles. The summed E-state index contributed by atoms with van der Waals surface area (Å²) in [6, 6.07) is 18.2. The molecule has 4 rings (SSSR count). The average molecular weight is 446 g/mol. The molecule has 0 saturated carbocycles. The van der Waals surface area contributed by atoms with Crippen molar-refractivity contribution in [1.29, 1.82) is 0 Å². The van der Waals surface area contributed by atoms with E-state index in [1.807, 2.05) is 62.4 Å². The quantitative estimate of drug-likeness (QED) is 0.446. The van der Waals surface area contributed by atoms with Crippen LogP contribution < -0.4 is 10.3 Å². The van der Waals surface area contributed by atoms with E-state index in [2.05, 4.69) is 10.2 Å². The van der Waals surface area contributed by atoms with Crippen molar-refractivity contribution in [3.8, 4) is 28.7 Å². The Bertz CT molecular complexity index is 1300. The van der Waals surface area contributed by atoms with Crippen LogP contribution in [0.3, 0.4) is 0 Å². The SMILES string of the molecule is CC(C)Oc1ccc(-c2nnc(-c3ccc(=O)n(Cc4cccc(C(C)(C)O)c4)c3)o2)cc1. The maximum absolute atomic E-state index is 12.5. The molecule has 4 aromatic rings. The van der Waals surface area contributed by atoms with Crippen molar-refractivity contribution in [1.82, 2.24) is 14.8 Å². The fourth-order valence-electron chi connectivity index (χ4n) is 3.43. The van der Waals surface area contributed by atoms with Gasteiger partial charge in [-0.05, 0) is 69.2 Å². The third-order valence-electron chi connectivity index (χ3n) is 5.11. The van der Waals surface area contributed by atoms with Gasteiger partial charge in [-0.15, -0.1) is 10.2 Å². The van der Waals surface area contributed by atoms with Crippen molar-refractivity contribution >= 4 is 0 Å². The topological polar surface area (TPSA) is 90.4 Å². The van der Waals surface area contributed by atoms with Crippen LogP contribution in [0.5, 0.6) is 5.75 Å². The highest BCUT2D eigenvalue weighted by Gasteiger charge is 2.16. The Morgan fingerprint density at radius 3 is 2.33 bits per heavy atom. The summed E-state index contributed by atoms with van der Waals surface area (Å²) in [4.78, 5) is 12.5. The Balaban J connectivity index is 1.57. The summed E-state index contributed by atoms with van der Waals surface area (Å²) in [5.74, 6) is 1.48. The second-order valence-electron chi connectivity index (χ2n) is 8.75. The first-order chi connectivity index (χ1) is 15.7. The molecule has 0 bridgehead atoms. The van der Waals surface area contributed by atoms with Crippen LogP contribution in [-0.4, -0.2) is 26.0 Å². The summed E-state index contributed by atoms with van der Waals surface area (Å²) in [7, 11) is 0. The van der Waals surface area contributed by atoms with Gasteiger partial charge < -0.3 is 18.8 Å². The normalized spacial score (nSPS) is 11.7. The molecule has 0 spiro atoms. The first kappa shape index (κ1) is 22.5. The molecular weight excluding hydrogens is 418 g/mol. The molecule has 0 fully saturated rings. The number of aromatic nitrogens is 3. The molecule has 7 nitrogen and oxygen atoms in total. The molecule has 1 N–H and O–H groups in total. The van der Waals surface area contributed by atoms with Gasteiger partial charge in [0.15, 0.2) is 0 Å². The number of rotatable bonds is 7. The molecule has 2 aromatic carbocycles. The second-order valence-corrected chi connectivity index (χ2v) is 8.75. The maximum atomic E-state index is 12.5. The van der Waals surface area contributed by atoms with Gasteiger partial charge >= 0.3 is 0 Å². The zero-order chi connectivity index (χ0) is 23.6. The lowest BCUT2D eigenvalue weighted by Gasteiger charge is -2.18. The number of pyridine rings is 1. The van der Waals surface area contributed by atoms with Crippen LogP contribution in [-0.2, 0) is 12.1 Å². The van der Waals surface area contributed by atoms with E-state index in [1.165, 1.54) is 6.07 Å². The Morgan fingerprint density at radius 2 is 1.67 bits per heavy atom. The van der Waals surface area contributed by atoms with Gasteiger partial charge in [-0.1, -0.05) is 24.3 Å². The maximum Gasteiger partial charge on any atom is 0.250 e. The molecule has 33 heavy (non-hydrogen) atoms. The summed E-state index contributed by atoms with van der Waals surface area (Å²) in [6.45, 7) is 7.77. The van der Waals surface area contributed by atoms with Crippen molar-refractivity contribution in [2.24, 2.45) is 0 Å². The van der Waals surface area contributed by atoms with Gasteiger partial charge in [0.05, 0.1) is 23.8 Å². The first-order valence-electron chi connectivity index (χ1n) is 10.8. The molecule has 0 radical (unpaired) electrons. The lowest BCUT2D eigenvalue weighted by Crippen LogP contribution is -2.20. The fourth-order valence-corrected chi connectivity index (χ4v) is 3.43. The van der Waals surface area contributed by atoms with Crippen molar-refractivity contribution in [3.05, 3.63) is 88.3 Å². The van der Waals surface area contributed by atoms with Crippen molar-refractivity contribution in [2.45, 2.75) is 45.9 Å². The molecule has 0 aliphatic heterocycles. The monoisotopic (exact) mass is 445 g/mol. The Hall–Kier alpha value is -3.71. The van der Waals surface area contributed by atoms with Gasteiger partial charge in [0, 0.05) is 17.8 Å². The molecule has 0 amide bonds. The molecule has 0 saturated heterocycles.